The highest BCUT2D eigenvalue weighted by molar-refractivity contribution is 7.21. The number of carbonyl (C=O) groups excluding carboxylic acids is 1. The third-order valence-corrected chi connectivity index (χ3v) is 12.6. The second kappa shape index (κ2) is 11.5. The van der Waals surface area contributed by atoms with Crippen LogP contribution in [-0.2, 0) is 19.5 Å². The van der Waals surface area contributed by atoms with Crippen LogP contribution in [0.15, 0.2) is 54.9 Å². The molecule has 0 saturated heterocycles. The summed E-state index contributed by atoms with van der Waals surface area (Å²) in [6, 6.07) is 14.2. The Morgan fingerprint density at radius 1 is 1.00 bits per heavy atom. The van der Waals surface area contributed by atoms with Crippen molar-refractivity contribution in [2.75, 3.05) is 16.8 Å². The Morgan fingerprint density at radius 3 is 2.54 bits per heavy atom. The number of anilines is 2. The average molecular weight is 658 g/mol. The molecular weight excluding hydrogens is 615 g/mol. The number of nitrogens with one attached hydrogen (secondary N) is 1. The monoisotopic (exact) mass is 657 g/mol. The van der Waals surface area contributed by atoms with Gasteiger partial charge in [-0.1, -0.05) is 37.3 Å². The predicted molar refractivity (Wildman–Crippen MR) is 191 cm³/mol. The number of hydrogen-bond donors (Lipinski definition) is 1. The molecule has 8 nitrogen and oxygen atoms in total. The number of aromatic nitrogens is 5. The van der Waals surface area contributed by atoms with Gasteiger partial charge in [0, 0.05) is 48.2 Å². The smallest absolute Gasteiger partial charge is 0.257 e. The van der Waals surface area contributed by atoms with Gasteiger partial charge in [0.15, 0.2) is 5.13 Å². The molecule has 48 heavy (non-hydrogen) atoms. The fourth-order valence-electron chi connectivity index (χ4n) is 9.96. The predicted octanol–water partition coefficient (Wildman–Crippen LogP) is 8.41. The molecule has 4 saturated carbocycles. The fraction of sp³-hybridized carbons (Fsp3) is 0.462. The van der Waals surface area contributed by atoms with Crippen molar-refractivity contribution in [1.29, 1.82) is 0 Å². The van der Waals surface area contributed by atoms with E-state index in [1.54, 1.807) is 6.20 Å². The molecule has 5 aliphatic rings. The summed E-state index contributed by atoms with van der Waals surface area (Å²) in [4.78, 5) is 31.0. The van der Waals surface area contributed by atoms with Crippen LogP contribution in [0.5, 0.6) is 0 Å². The summed E-state index contributed by atoms with van der Waals surface area (Å²) in [5.41, 5.74) is 8.94. The molecule has 5 aromatic rings. The minimum Gasteiger partial charge on any atom is -0.352 e. The number of fused-ring (bicyclic) bond motifs is 2. The van der Waals surface area contributed by atoms with Gasteiger partial charge in [0.1, 0.15) is 16.2 Å². The zero-order valence-electron chi connectivity index (χ0n) is 28.1. The Bertz CT molecular complexity index is 1970. The summed E-state index contributed by atoms with van der Waals surface area (Å²) in [5, 5.41) is 8.61. The topological polar surface area (TPSA) is 88.8 Å². The summed E-state index contributed by atoms with van der Waals surface area (Å²) in [6.07, 6.45) is 13.3. The highest BCUT2D eigenvalue weighted by atomic mass is 32.1. The van der Waals surface area contributed by atoms with Crippen LogP contribution in [0.4, 0.5) is 10.9 Å². The summed E-state index contributed by atoms with van der Waals surface area (Å²) in [6.45, 7) is 9.26. The van der Waals surface area contributed by atoms with E-state index in [-0.39, 0.29) is 11.8 Å². The molecule has 9 heteroatoms. The van der Waals surface area contributed by atoms with Crippen molar-refractivity contribution >= 4 is 38.5 Å². The quantitative estimate of drug-likeness (QED) is 0.189. The lowest BCUT2D eigenvalue weighted by molar-refractivity contribution is -0.0638. The zero-order chi connectivity index (χ0) is 32.6. The molecule has 4 aromatic heterocycles. The van der Waals surface area contributed by atoms with Crippen LogP contribution in [0.2, 0.25) is 0 Å². The van der Waals surface area contributed by atoms with E-state index >= 15 is 0 Å². The molecule has 5 heterocycles. The number of carbonyl (C=O) groups is 1. The summed E-state index contributed by atoms with van der Waals surface area (Å²) >= 11 is 1.39. The molecule has 4 bridgehead atoms. The number of amides is 1. The van der Waals surface area contributed by atoms with Gasteiger partial charge in [-0.3, -0.25) is 14.8 Å². The third kappa shape index (κ3) is 5.21. The van der Waals surface area contributed by atoms with Gasteiger partial charge in [-0.2, -0.15) is 5.10 Å². The van der Waals surface area contributed by atoms with Crippen molar-refractivity contribution in [2.24, 2.45) is 23.2 Å². The number of benzene rings is 1. The third-order valence-electron chi connectivity index (χ3n) is 11.7. The van der Waals surface area contributed by atoms with E-state index in [1.165, 1.54) is 72.2 Å². The molecule has 1 aliphatic heterocycles. The van der Waals surface area contributed by atoms with E-state index in [2.05, 4.69) is 70.0 Å². The Hall–Kier alpha value is -4.11. The van der Waals surface area contributed by atoms with E-state index in [0.717, 1.165) is 64.7 Å². The number of rotatable bonds is 7. The van der Waals surface area contributed by atoms with Crippen molar-refractivity contribution in [2.45, 2.75) is 84.7 Å². The van der Waals surface area contributed by atoms with E-state index in [0.29, 0.717) is 22.7 Å². The zero-order valence-corrected chi connectivity index (χ0v) is 28.9. The van der Waals surface area contributed by atoms with Gasteiger partial charge in [-0.25, -0.2) is 15.0 Å². The van der Waals surface area contributed by atoms with Crippen molar-refractivity contribution in [3.63, 3.8) is 0 Å². The molecule has 0 radical (unpaired) electrons. The number of thiazole rings is 1. The highest BCUT2D eigenvalue weighted by Gasteiger charge is 2.51. The van der Waals surface area contributed by atoms with Crippen LogP contribution in [0, 0.1) is 30.1 Å². The number of nitrogens with zero attached hydrogens (tertiary/aromatic N) is 6. The molecule has 1 amide bonds. The molecule has 0 spiro atoms. The number of pyridine rings is 2. The normalized spacial score (nSPS) is 24.4. The maximum atomic E-state index is 13.6. The van der Waals surface area contributed by atoms with E-state index in [4.69, 9.17) is 10.1 Å². The molecule has 1 aromatic carbocycles. The minimum absolute atomic E-state index is 0.139. The first-order chi connectivity index (χ1) is 23.3. The van der Waals surface area contributed by atoms with Gasteiger partial charge in [0.25, 0.3) is 5.91 Å². The molecule has 10 rings (SSSR count). The van der Waals surface area contributed by atoms with Crippen molar-refractivity contribution < 1.29 is 4.79 Å². The van der Waals surface area contributed by atoms with Crippen LogP contribution in [0.25, 0.3) is 21.5 Å². The second-order valence-corrected chi connectivity index (χ2v) is 16.4. The van der Waals surface area contributed by atoms with Gasteiger partial charge < -0.3 is 4.90 Å². The molecule has 0 atom stereocenters. The Kier molecular flexibility index (Phi) is 7.19. The first-order valence-corrected chi connectivity index (χ1v) is 18.5. The number of hydrogen-bond acceptors (Lipinski definition) is 7. The van der Waals surface area contributed by atoms with Crippen LogP contribution in [-0.4, -0.2) is 37.2 Å². The van der Waals surface area contributed by atoms with Gasteiger partial charge >= 0.3 is 0 Å². The van der Waals surface area contributed by atoms with Gasteiger partial charge in [-0.15, -0.1) is 0 Å². The molecule has 4 aliphatic carbocycles. The van der Waals surface area contributed by atoms with Crippen molar-refractivity contribution in [3.8, 4) is 11.1 Å². The highest BCUT2D eigenvalue weighted by Crippen LogP contribution is 2.60. The molecule has 0 unspecified atom stereocenters. The Balaban J connectivity index is 0.968. The lowest BCUT2D eigenvalue weighted by Crippen LogP contribution is -2.48. The maximum Gasteiger partial charge on any atom is 0.257 e. The average Bonchev–Trinajstić information content (AvgIpc) is 3.65. The second-order valence-electron chi connectivity index (χ2n) is 15.4. The van der Waals surface area contributed by atoms with Crippen molar-refractivity contribution in [3.05, 3.63) is 82.9 Å². The standard InChI is InChI=1S/C39H43N7OS/c1-23(2)35-29(31-20-41-46(24(31)3)22-39-17-25-14-26(18-39)16-27(15-25)19-39)9-10-34(43-35)45-13-11-28-6-4-7-30(32(28)21-45)36(47)44-38-42-33-8-5-12-40-37(33)48-38/h4-10,12,20,23,25-27H,11,13-19,21-22H2,1-3H3,(H,42,44,47). The van der Waals surface area contributed by atoms with Gasteiger partial charge in [-0.05, 0) is 122 Å². The summed E-state index contributed by atoms with van der Waals surface area (Å²) in [5.74, 6) is 3.91. The Labute approximate surface area is 286 Å². The Morgan fingerprint density at radius 2 is 1.79 bits per heavy atom. The van der Waals surface area contributed by atoms with Crippen LogP contribution in [0.1, 0.15) is 91.2 Å². The van der Waals surface area contributed by atoms with E-state index in [9.17, 15) is 4.79 Å². The summed E-state index contributed by atoms with van der Waals surface area (Å²) < 4.78 is 2.32. The molecular formula is C39H43N7OS. The van der Waals surface area contributed by atoms with Gasteiger partial charge in [0.2, 0.25) is 0 Å². The molecule has 246 valence electrons. The molecule has 1 N–H and O–H groups in total. The lowest BCUT2D eigenvalue weighted by atomic mass is 9.49. The van der Waals surface area contributed by atoms with Crippen LogP contribution < -0.4 is 10.2 Å². The SMILES string of the molecule is Cc1c(-c2ccc(N3CCc4cccc(C(=O)Nc5nc6cccnc6s5)c4C3)nc2C(C)C)cnn1CC12CC3CC(CC(C3)C1)C2. The van der Waals surface area contributed by atoms with Crippen LogP contribution >= 0.6 is 11.3 Å². The first kappa shape index (κ1) is 30.0. The van der Waals surface area contributed by atoms with Gasteiger partial charge in [0.05, 0.1) is 11.9 Å². The molecule has 4 fully saturated rings. The first-order valence-electron chi connectivity index (χ1n) is 17.7. The lowest BCUT2D eigenvalue weighted by Gasteiger charge is -2.56. The maximum absolute atomic E-state index is 13.6. The van der Waals surface area contributed by atoms with E-state index in [1.807, 2.05) is 24.3 Å². The largest absolute Gasteiger partial charge is 0.352 e. The summed E-state index contributed by atoms with van der Waals surface area (Å²) in [7, 11) is 0. The van der Waals surface area contributed by atoms with Crippen molar-refractivity contribution in [1.82, 2.24) is 24.7 Å². The fourth-order valence-corrected chi connectivity index (χ4v) is 10.8. The van der Waals surface area contributed by atoms with Crippen LogP contribution in [0.3, 0.4) is 0 Å². The minimum atomic E-state index is -0.139. The van der Waals surface area contributed by atoms with E-state index < -0.39 is 0 Å².